The summed E-state index contributed by atoms with van der Waals surface area (Å²) in [5.74, 6) is 0. The van der Waals surface area contributed by atoms with E-state index < -0.39 is 0 Å². The second kappa shape index (κ2) is 4.46. The molecule has 20 heavy (non-hydrogen) atoms. The summed E-state index contributed by atoms with van der Waals surface area (Å²) in [6.07, 6.45) is 1.84. The fraction of sp³-hybridized carbons (Fsp3) is 0. The molecule has 2 aromatic heterocycles. The summed E-state index contributed by atoms with van der Waals surface area (Å²) >= 11 is 3.58. The van der Waals surface area contributed by atoms with Crippen LogP contribution in [0.15, 0.2) is 71.5 Å². The first-order chi connectivity index (χ1) is 9.86. The third kappa shape index (κ3) is 1.60. The zero-order valence-electron chi connectivity index (χ0n) is 10.6. The third-order valence-corrected chi connectivity index (χ3v) is 4.15. The number of nitrogens with zero attached hydrogens (tertiary/aromatic N) is 2. The Morgan fingerprint density at radius 2 is 1.55 bits per heavy atom. The van der Waals surface area contributed by atoms with Gasteiger partial charge in [-0.05, 0) is 40.2 Å². The summed E-state index contributed by atoms with van der Waals surface area (Å²) in [5, 5.41) is 2.37. The highest BCUT2D eigenvalue weighted by Crippen LogP contribution is 2.34. The van der Waals surface area contributed by atoms with Crippen LogP contribution in [0.2, 0.25) is 0 Å². The SMILES string of the molecule is Brc1nccc2c1c1ccccc1n2-c1ccccc1. The zero-order chi connectivity index (χ0) is 13.5. The van der Waals surface area contributed by atoms with Gasteiger partial charge in [0.05, 0.1) is 11.0 Å². The Morgan fingerprint density at radius 1 is 0.800 bits per heavy atom. The van der Waals surface area contributed by atoms with Gasteiger partial charge in [-0.2, -0.15) is 0 Å². The standard InChI is InChI=1S/C17H11BrN2/c18-17-16-13-8-4-5-9-14(13)20(15(16)10-11-19-17)12-6-2-1-3-7-12/h1-11H. The average Bonchev–Trinajstić information content (AvgIpc) is 2.84. The van der Waals surface area contributed by atoms with E-state index in [4.69, 9.17) is 0 Å². The minimum Gasteiger partial charge on any atom is -0.309 e. The lowest BCUT2D eigenvalue weighted by atomic mass is 10.2. The van der Waals surface area contributed by atoms with Gasteiger partial charge in [0.15, 0.2) is 0 Å². The number of fused-ring (bicyclic) bond motifs is 3. The number of aromatic nitrogens is 2. The number of halogens is 1. The molecule has 2 nitrogen and oxygen atoms in total. The van der Waals surface area contributed by atoms with Crippen LogP contribution in [-0.4, -0.2) is 9.55 Å². The highest BCUT2D eigenvalue weighted by Gasteiger charge is 2.13. The van der Waals surface area contributed by atoms with Crippen LogP contribution in [0.25, 0.3) is 27.5 Å². The summed E-state index contributed by atoms with van der Waals surface area (Å²) in [6.45, 7) is 0. The minimum atomic E-state index is 0.890. The molecule has 0 saturated heterocycles. The maximum absolute atomic E-state index is 4.37. The van der Waals surface area contributed by atoms with E-state index in [1.54, 1.807) is 0 Å². The normalized spacial score (nSPS) is 11.2. The molecule has 0 aliphatic carbocycles. The van der Waals surface area contributed by atoms with Gasteiger partial charge in [-0.15, -0.1) is 0 Å². The monoisotopic (exact) mass is 322 g/mol. The van der Waals surface area contributed by atoms with Crippen molar-refractivity contribution in [3.8, 4) is 5.69 Å². The second-order valence-electron chi connectivity index (χ2n) is 4.68. The number of rotatable bonds is 1. The predicted molar refractivity (Wildman–Crippen MR) is 86.3 cm³/mol. The third-order valence-electron chi connectivity index (χ3n) is 3.55. The van der Waals surface area contributed by atoms with Gasteiger partial charge < -0.3 is 4.57 Å². The Bertz CT molecular complexity index is 910. The minimum absolute atomic E-state index is 0.890. The molecule has 0 fully saturated rings. The van der Waals surface area contributed by atoms with Crippen LogP contribution >= 0.6 is 15.9 Å². The molecule has 0 N–H and O–H groups in total. The van der Waals surface area contributed by atoms with Crippen molar-refractivity contribution in [1.29, 1.82) is 0 Å². The number of benzene rings is 2. The Labute approximate surface area is 124 Å². The van der Waals surface area contributed by atoms with Gasteiger partial charge in [0.25, 0.3) is 0 Å². The zero-order valence-corrected chi connectivity index (χ0v) is 12.2. The van der Waals surface area contributed by atoms with Crippen LogP contribution in [0, 0.1) is 0 Å². The molecule has 4 rings (SSSR count). The van der Waals surface area contributed by atoms with Crippen molar-refractivity contribution in [1.82, 2.24) is 9.55 Å². The fourth-order valence-electron chi connectivity index (χ4n) is 2.73. The van der Waals surface area contributed by atoms with Gasteiger partial charge in [-0.25, -0.2) is 4.98 Å². The first kappa shape index (κ1) is 11.7. The van der Waals surface area contributed by atoms with Crippen molar-refractivity contribution in [3.05, 3.63) is 71.5 Å². The average molecular weight is 323 g/mol. The van der Waals surface area contributed by atoms with Crippen LogP contribution in [0.5, 0.6) is 0 Å². The van der Waals surface area contributed by atoms with Gasteiger partial charge in [-0.3, -0.25) is 0 Å². The quantitative estimate of drug-likeness (QED) is 0.454. The largest absolute Gasteiger partial charge is 0.309 e. The molecule has 2 heterocycles. The Balaban J connectivity index is 2.26. The van der Waals surface area contributed by atoms with Gasteiger partial charge in [0, 0.05) is 22.7 Å². The maximum atomic E-state index is 4.37. The second-order valence-corrected chi connectivity index (χ2v) is 5.44. The molecule has 0 saturated carbocycles. The maximum Gasteiger partial charge on any atom is 0.116 e. The van der Waals surface area contributed by atoms with E-state index in [1.807, 2.05) is 12.3 Å². The number of pyridine rings is 1. The number of hydrogen-bond donors (Lipinski definition) is 0. The summed E-state index contributed by atoms with van der Waals surface area (Å²) in [5.41, 5.74) is 3.53. The lowest BCUT2D eigenvalue weighted by molar-refractivity contribution is 1.17. The number of para-hydroxylation sites is 2. The first-order valence-corrected chi connectivity index (χ1v) is 7.24. The van der Waals surface area contributed by atoms with Crippen molar-refractivity contribution in [2.75, 3.05) is 0 Å². The fourth-order valence-corrected chi connectivity index (χ4v) is 3.26. The van der Waals surface area contributed by atoms with Crippen molar-refractivity contribution in [2.24, 2.45) is 0 Å². The van der Waals surface area contributed by atoms with Crippen LogP contribution in [0.4, 0.5) is 0 Å². The molecule has 0 unspecified atom stereocenters. The van der Waals surface area contributed by atoms with E-state index >= 15 is 0 Å². The summed E-state index contributed by atoms with van der Waals surface area (Å²) in [7, 11) is 0. The smallest absolute Gasteiger partial charge is 0.116 e. The molecule has 0 aliphatic rings. The molecule has 3 heteroatoms. The molecule has 0 atom stereocenters. The van der Waals surface area contributed by atoms with E-state index in [1.165, 1.54) is 16.4 Å². The van der Waals surface area contributed by atoms with Crippen molar-refractivity contribution in [2.45, 2.75) is 0 Å². The van der Waals surface area contributed by atoms with E-state index in [0.717, 1.165) is 15.7 Å². The topological polar surface area (TPSA) is 17.8 Å². The molecular weight excluding hydrogens is 312 g/mol. The van der Waals surface area contributed by atoms with E-state index in [2.05, 4.69) is 80.1 Å². The summed E-state index contributed by atoms with van der Waals surface area (Å²) in [6, 6.07) is 20.9. The molecule has 2 aromatic carbocycles. The molecule has 96 valence electrons. The molecule has 0 amide bonds. The lowest BCUT2D eigenvalue weighted by Gasteiger charge is -2.06. The van der Waals surface area contributed by atoms with Crippen LogP contribution in [0.1, 0.15) is 0 Å². The molecule has 4 aromatic rings. The van der Waals surface area contributed by atoms with E-state index in [0.29, 0.717) is 0 Å². The molecule has 0 bridgehead atoms. The van der Waals surface area contributed by atoms with Gasteiger partial charge in [-0.1, -0.05) is 36.4 Å². The van der Waals surface area contributed by atoms with Gasteiger partial charge in [0.2, 0.25) is 0 Å². The Kier molecular flexibility index (Phi) is 2.60. The van der Waals surface area contributed by atoms with Crippen molar-refractivity contribution < 1.29 is 0 Å². The van der Waals surface area contributed by atoms with Gasteiger partial charge in [0.1, 0.15) is 4.60 Å². The van der Waals surface area contributed by atoms with Crippen LogP contribution in [-0.2, 0) is 0 Å². The number of hydrogen-bond acceptors (Lipinski definition) is 1. The highest BCUT2D eigenvalue weighted by atomic mass is 79.9. The van der Waals surface area contributed by atoms with Crippen LogP contribution < -0.4 is 0 Å². The van der Waals surface area contributed by atoms with Crippen LogP contribution in [0.3, 0.4) is 0 Å². The Morgan fingerprint density at radius 3 is 2.40 bits per heavy atom. The molecule has 0 radical (unpaired) electrons. The summed E-state index contributed by atoms with van der Waals surface area (Å²) < 4.78 is 3.16. The highest BCUT2D eigenvalue weighted by molar-refractivity contribution is 9.10. The first-order valence-electron chi connectivity index (χ1n) is 6.45. The van der Waals surface area contributed by atoms with Crippen molar-refractivity contribution >= 4 is 37.7 Å². The Hall–Kier alpha value is -2.13. The molecule has 0 aliphatic heterocycles. The summed E-state index contributed by atoms with van der Waals surface area (Å²) in [4.78, 5) is 4.37. The predicted octanol–water partition coefficient (Wildman–Crippen LogP) is 4.94. The van der Waals surface area contributed by atoms with Gasteiger partial charge >= 0.3 is 0 Å². The lowest BCUT2D eigenvalue weighted by Crippen LogP contribution is -1.92. The molecular formula is C17H11BrN2. The van der Waals surface area contributed by atoms with Crippen molar-refractivity contribution in [3.63, 3.8) is 0 Å². The van der Waals surface area contributed by atoms with E-state index in [9.17, 15) is 0 Å². The van der Waals surface area contributed by atoms with E-state index in [-0.39, 0.29) is 0 Å². The molecule has 0 spiro atoms.